The van der Waals surface area contributed by atoms with Gasteiger partial charge in [-0.05, 0) is 48.6 Å². The van der Waals surface area contributed by atoms with Crippen LogP contribution in [0.5, 0.6) is 0 Å². The Morgan fingerprint density at radius 2 is 1.97 bits per heavy atom. The zero-order valence-electron chi connectivity index (χ0n) is 17.3. The number of nitrogens with one attached hydrogen (secondary N) is 3. The van der Waals surface area contributed by atoms with E-state index in [9.17, 15) is 4.79 Å². The van der Waals surface area contributed by atoms with E-state index < -0.39 is 0 Å². The molecule has 1 unspecified atom stereocenters. The fourth-order valence-electron chi connectivity index (χ4n) is 3.67. The van der Waals surface area contributed by atoms with Crippen molar-refractivity contribution in [3.8, 4) is 0 Å². The van der Waals surface area contributed by atoms with Crippen molar-refractivity contribution < 1.29 is 4.79 Å². The van der Waals surface area contributed by atoms with E-state index in [2.05, 4.69) is 56.2 Å². The molecule has 6 nitrogen and oxygen atoms in total. The number of hydrogen-bond acceptors (Lipinski definition) is 3. The Morgan fingerprint density at radius 3 is 2.72 bits per heavy atom. The van der Waals surface area contributed by atoms with Crippen LogP contribution in [0.3, 0.4) is 0 Å². The molecule has 1 atom stereocenters. The van der Waals surface area contributed by atoms with Gasteiger partial charge in [0.05, 0.1) is 0 Å². The number of amides is 1. The van der Waals surface area contributed by atoms with Crippen molar-refractivity contribution in [1.29, 1.82) is 0 Å². The third-order valence-electron chi connectivity index (χ3n) is 5.31. The van der Waals surface area contributed by atoms with E-state index in [-0.39, 0.29) is 5.91 Å². The monoisotopic (exact) mass is 393 g/mol. The van der Waals surface area contributed by atoms with Gasteiger partial charge in [-0.2, -0.15) is 0 Å². The predicted molar refractivity (Wildman–Crippen MR) is 120 cm³/mol. The second-order valence-corrected chi connectivity index (χ2v) is 7.35. The first-order chi connectivity index (χ1) is 14.2. The van der Waals surface area contributed by atoms with E-state index in [0.29, 0.717) is 11.5 Å². The molecule has 1 fully saturated rings. The molecule has 0 radical (unpaired) electrons. The van der Waals surface area contributed by atoms with Gasteiger partial charge in [0.15, 0.2) is 5.96 Å². The summed E-state index contributed by atoms with van der Waals surface area (Å²) < 4.78 is 0. The fourth-order valence-corrected chi connectivity index (χ4v) is 3.67. The molecule has 3 N–H and O–H groups in total. The van der Waals surface area contributed by atoms with E-state index in [0.717, 1.165) is 44.1 Å². The average molecular weight is 394 g/mol. The molecule has 1 aliphatic heterocycles. The van der Waals surface area contributed by atoms with Gasteiger partial charge in [0, 0.05) is 51.5 Å². The maximum absolute atomic E-state index is 11.8. The molecule has 2 aromatic rings. The summed E-state index contributed by atoms with van der Waals surface area (Å²) in [6.07, 6.45) is 2.02. The lowest BCUT2D eigenvalue weighted by Crippen LogP contribution is -2.41. The van der Waals surface area contributed by atoms with Gasteiger partial charge < -0.3 is 20.9 Å². The normalized spacial score (nSPS) is 16.6. The summed E-state index contributed by atoms with van der Waals surface area (Å²) in [6.45, 7) is 3.84. The lowest BCUT2D eigenvalue weighted by Gasteiger charge is -2.19. The summed E-state index contributed by atoms with van der Waals surface area (Å²) >= 11 is 0. The van der Waals surface area contributed by atoms with Crippen LogP contribution in [0.25, 0.3) is 0 Å². The predicted octanol–water partition coefficient (Wildman–Crippen LogP) is 2.28. The molecular formula is C23H31N5O. The summed E-state index contributed by atoms with van der Waals surface area (Å²) in [5.41, 5.74) is 3.12. The first-order valence-electron chi connectivity index (χ1n) is 10.2. The molecule has 2 aromatic carbocycles. The molecule has 0 bridgehead atoms. The fraction of sp³-hybridized carbons (Fsp3) is 0.391. The van der Waals surface area contributed by atoms with Crippen LogP contribution in [0, 0.1) is 5.92 Å². The van der Waals surface area contributed by atoms with Gasteiger partial charge in [-0.15, -0.1) is 0 Å². The van der Waals surface area contributed by atoms with Gasteiger partial charge in [-0.1, -0.05) is 30.3 Å². The van der Waals surface area contributed by atoms with Gasteiger partial charge in [-0.3, -0.25) is 9.79 Å². The molecule has 0 spiro atoms. The summed E-state index contributed by atoms with van der Waals surface area (Å²) in [5, 5.41) is 9.49. The van der Waals surface area contributed by atoms with Crippen LogP contribution in [0.1, 0.15) is 22.3 Å². The second-order valence-electron chi connectivity index (χ2n) is 7.35. The van der Waals surface area contributed by atoms with Crippen molar-refractivity contribution in [2.45, 2.75) is 12.8 Å². The Bertz CT molecular complexity index is 821. The highest BCUT2D eigenvalue weighted by Crippen LogP contribution is 2.22. The van der Waals surface area contributed by atoms with Crippen LogP contribution in [-0.4, -0.2) is 52.1 Å². The number of guanidine groups is 1. The molecule has 0 aromatic heterocycles. The van der Waals surface area contributed by atoms with Gasteiger partial charge in [0.2, 0.25) is 0 Å². The summed E-state index contributed by atoms with van der Waals surface area (Å²) in [7, 11) is 3.45. The number of carbonyl (C=O) groups is 1. The Labute approximate surface area is 173 Å². The van der Waals surface area contributed by atoms with Crippen molar-refractivity contribution in [2.75, 3.05) is 45.2 Å². The summed E-state index contributed by atoms with van der Waals surface area (Å²) in [4.78, 5) is 18.5. The highest BCUT2D eigenvalue weighted by atomic mass is 16.1. The highest BCUT2D eigenvalue weighted by Gasteiger charge is 2.22. The van der Waals surface area contributed by atoms with Crippen molar-refractivity contribution in [2.24, 2.45) is 10.9 Å². The van der Waals surface area contributed by atoms with Crippen LogP contribution in [0.4, 0.5) is 5.69 Å². The zero-order valence-corrected chi connectivity index (χ0v) is 17.3. The minimum absolute atomic E-state index is 0.0570. The van der Waals surface area contributed by atoms with E-state index in [1.54, 1.807) is 14.1 Å². The number of benzene rings is 2. The van der Waals surface area contributed by atoms with Gasteiger partial charge in [0.1, 0.15) is 0 Å². The number of anilines is 1. The van der Waals surface area contributed by atoms with Crippen molar-refractivity contribution in [3.63, 3.8) is 0 Å². The number of nitrogens with zero attached hydrogens (tertiary/aromatic N) is 2. The smallest absolute Gasteiger partial charge is 0.251 e. The summed E-state index contributed by atoms with van der Waals surface area (Å²) in [5.74, 6) is 1.38. The largest absolute Gasteiger partial charge is 0.371 e. The van der Waals surface area contributed by atoms with Crippen LogP contribution >= 0.6 is 0 Å². The van der Waals surface area contributed by atoms with Crippen LogP contribution < -0.4 is 20.9 Å². The molecule has 1 saturated heterocycles. The van der Waals surface area contributed by atoms with Gasteiger partial charge in [-0.25, -0.2) is 0 Å². The van der Waals surface area contributed by atoms with E-state index in [4.69, 9.17) is 0 Å². The maximum Gasteiger partial charge on any atom is 0.251 e. The van der Waals surface area contributed by atoms with E-state index in [1.165, 1.54) is 12.1 Å². The third kappa shape index (κ3) is 5.98. The van der Waals surface area contributed by atoms with Crippen LogP contribution in [-0.2, 0) is 6.42 Å². The number of carbonyl (C=O) groups excluding carboxylic acids is 1. The number of aliphatic imine (C=N–C) groups is 1. The molecule has 3 rings (SSSR count). The first kappa shape index (κ1) is 20.7. The number of rotatable bonds is 7. The molecule has 1 aliphatic rings. The Hall–Kier alpha value is -3.02. The zero-order chi connectivity index (χ0) is 20.5. The third-order valence-corrected chi connectivity index (χ3v) is 5.31. The Balaban J connectivity index is 1.41. The Morgan fingerprint density at radius 1 is 1.14 bits per heavy atom. The van der Waals surface area contributed by atoms with Crippen molar-refractivity contribution in [3.05, 3.63) is 65.7 Å². The van der Waals surface area contributed by atoms with E-state index >= 15 is 0 Å². The van der Waals surface area contributed by atoms with Crippen LogP contribution in [0.15, 0.2) is 59.6 Å². The van der Waals surface area contributed by atoms with Crippen LogP contribution in [0.2, 0.25) is 0 Å². The van der Waals surface area contributed by atoms with E-state index in [1.807, 2.05) is 24.3 Å². The van der Waals surface area contributed by atoms with Gasteiger partial charge in [0.25, 0.3) is 5.91 Å². The quantitative estimate of drug-likeness (QED) is 0.499. The molecule has 6 heteroatoms. The molecule has 1 amide bonds. The van der Waals surface area contributed by atoms with Gasteiger partial charge >= 0.3 is 0 Å². The molecule has 0 saturated carbocycles. The lowest BCUT2D eigenvalue weighted by molar-refractivity contribution is 0.0963. The molecular weight excluding hydrogens is 362 g/mol. The molecule has 1 heterocycles. The molecule has 29 heavy (non-hydrogen) atoms. The number of para-hydroxylation sites is 1. The first-order valence-corrected chi connectivity index (χ1v) is 10.2. The topological polar surface area (TPSA) is 68.8 Å². The standard InChI is InChI=1S/C23H31N5O/c1-24-22(29)20-8-6-7-18(15-20)11-13-26-23(25-2)27-16-19-12-14-28(17-19)21-9-4-3-5-10-21/h3-10,15,19H,11-14,16-17H2,1-2H3,(H,24,29)(H2,25,26,27). The lowest BCUT2D eigenvalue weighted by atomic mass is 10.1. The summed E-state index contributed by atoms with van der Waals surface area (Å²) in [6, 6.07) is 18.3. The Kier molecular flexibility index (Phi) is 7.50. The van der Waals surface area contributed by atoms with Crippen molar-refractivity contribution in [1.82, 2.24) is 16.0 Å². The minimum atomic E-state index is -0.0570. The minimum Gasteiger partial charge on any atom is -0.371 e. The SMILES string of the molecule is CN=C(NCCc1cccc(C(=O)NC)c1)NCC1CCN(c2ccccc2)C1. The highest BCUT2D eigenvalue weighted by molar-refractivity contribution is 5.94. The maximum atomic E-state index is 11.8. The second kappa shape index (κ2) is 10.5. The molecule has 0 aliphatic carbocycles. The average Bonchev–Trinajstić information content (AvgIpc) is 3.25. The number of hydrogen-bond donors (Lipinski definition) is 3. The van der Waals surface area contributed by atoms with Crippen molar-refractivity contribution >= 4 is 17.6 Å². The molecule has 154 valence electrons.